The Balaban J connectivity index is 2.46. The number of amides is 1. The van der Waals surface area contributed by atoms with Crippen molar-refractivity contribution in [2.24, 2.45) is 0 Å². The van der Waals surface area contributed by atoms with E-state index in [1.165, 1.54) is 7.11 Å². The number of aliphatic carboxylic acids is 1. The molecule has 0 aliphatic heterocycles. The summed E-state index contributed by atoms with van der Waals surface area (Å²) in [5.74, 6) is -1.04. The third kappa shape index (κ3) is 2.35. The van der Waals surface area contributed by atoms with Gasteiger partial charge < -0.3 is 15.2 Å². The summed E-state index contributed by atoms with van der Waals surface area (Å²) in [6.45, 7) is 1.25. The van der Waals surface area contributed by atoms with Gasteiger partial charge in [0.15, 0.2) is 11.4 Å². The number of aromatic nitrogens is 2. The first-order valence-electron chi connectivity index (χ1n) is 5.56. The molecule has 0 saturated carbocycles. The van der Waals surface area contributed by atoms with E-state index in [0.717, 1.165) is 0 Å². The Morgan fingerprint density at radius 2 is 2.26 bits per heavy atom. The molecular weight excluding hydrogens is 250 g/mol. The monoisotopic (exact) mass is 263 g/mol. The Bertz CT molecular complexity index is 648. The number of nitrogens with zero attached hydrogens (tertiary/aromatic N) is 2. The van der Waals surface area contributed by atoms with Crippen molar-refractivity contribution in [1.29, 1.82) is 0 Å². The number of aryl methyl sites for hydroxylation is 1. The predicted molar refractivity (Wildman–Crippen MR) is 66.5 cm³/mol. The Labute approximate surface area is 108 Å². The topological polar surface area (TPSA) is 92.9 Å². The van der Waals surface area contributed by atoms with E-state index in [9.17, 15) is 9.59 Å². The average Bonchev–Trinajstić information content (AvgIpc) is 2.71. The fourth-order valence-corrected chi connectivity index (χ4v) is 1.83. The number of nitrogens with one attached hydrogen (secondary N) is 1. The zero-order valence-corrected chi connectivity index (χ0v) is 10.5. The molecule has 2 aromatic rings. The molecule has 0 atom stereocenters. The first kappa shape index (κ1) is 12.9. The van der Waals surface area contributed by atoms with Gasteiger partial charge in [0.2, 0.25) is 0 Å². The number of carbonyl (C=O) groups is 2. The van der Waals surface area contributed by atoms with E-state index >= 15 is 0 Å². The van der Waals surface area contributed by atoms with Gasteiger partial charge in [-0.2, -0.15) is 0 Å². The van der Waals surface area contributed by atoms with Gasteiger partial charge >= 0.3 is 5.97 Å². The van der Waals surface area contributed by atoms with Gasteiger partial charge in [0.25, 0.3) is 5.91 Å². The minimum Gasteiger partial charge on any atom is -0.493 e. The van der Waals surface area contributed by atoms with E-state index in [1.54, 1.807) is 29.7 Å². The molecular formula is C12H13N3O4. The number of ether oxygens (including phenoxy) is 1. The molecule has 0 spiro atoms. The molecule has 1 amide bonds. The fourth-order valence-electron chi connectivity index (χ4n) is 1.83. The van der Waals surface area contributed by atoms with Crippen molar-refractivity contribution >= 4 is 17.5 Å². The Morgan fingerprint density at radius 3 is 2.89 bits per heavy atom. The predicted octanol–water partition coefficient (Wildman–Crippen LogP) is 0.466. The highest BCUT2D eigenvalue weighted by Gasteiger charge is 2.18. The minimum atomic E-state index is -1.10. The summed E-state index contributed by atoms with van der Waals surface area (Å²) in [5.41, 5.74) is 1.32. The molecule has 2 rings (SSSR count). The number of carbonyl (C=O) groups excluding carboxylic acids is 1. The Morgan fingerprint density at radius 1 is 1.53 bits per heavy atom. The number of pyridine rings is 1. The molecule has 19 heavy (non-hydrogen) atoms. The molecule has 0 aliphatic rings. The van der Waals surface area contributed by atoms with Crippen LogP contribution < -0.4 is 10.1 Å². The summed E-state index contributed by atoms with van der Waals surface area (Å²) >= 11 is 0. The normalized spacial score (nSPS) is 10.4. The molecule has 0 aromatic carbocycles. The van der Waals surface area contributed by atoms with Crippen LogP contribution in [0.15, 0.2) is 18.3 Å². The van der Waals surface area contributed by atoms with E-state index in [0.29, 0.717) is 22.8 Å². The largest absolute Gasteiger partial charge is 0.493 e. The van der Waals surface area contributed by atoms with Crippen LogP contribution in [0, 0.1) is 6.92 Å². The number of imidazole rings is 1. The lowest BCUT2D eigenvalue weighted by atomic mass is 10.3. The first-order chi connectivity index (χ1) is 9.04. The molecule has 0 bridgehead atoms. The third-order valence-corrected chi connectivity index (χ3v) is 2.62. The van der Waals surface area contributed by atoms with Gasteiger partial charge in [0.1, 0.15) is 12.2 Å². The van der Waals surface area contributed by atoms with Crippen LogP contribution in [0.4, 0.5) is 0 Å². The van der Waals surface area contributed by atoms with E-state index in [1.807, 2.05) is 0 Å². The van der Waals surface area contributed by atoms with Crippen LogP contribution in [0.5, 0.6) is 5.75 Å². The molecule has 0 unspecified atom stereocenters. The van der Waals surface area contributed by atoms with Crippen molar-refractivity contribution < 1.29 is 19.4 Å². The average molecular weight is 263 g/mol. The summed E-state index contributed by atoms with van der Waals surface area (Å²) in [6, 6.07) is 3.46. The molecule has 2 aromatic heterocycles. The number of hydrogen-bond acceptors (Lipinski definition) is 4. The maximum Gasteiger partial charge on any atom is 0.322 e. The van der Waals surface area contributed by atoms with Crippen LogP contribution in [0.1, 0.15) is 16.2 Å². The summed E-state index contributed by atoms with van der Waals surface area (Å²) in [6.07, 6.45) is 1.67. The van der Waals surface area contributed by atoms with Crippen molar-refractivity contribution in [3.05, 3.63) is 29.7 Å². The van der Waals surface area contributed by atoms with Crippen molar-refractivity contribution in [2.75, 3.05) is 13.7 Å². The number of hydrogen-bond donors (Lipinski definition) is 2. The molecule has 7 nitrogen and oxygen atoms in total. The fraction of sp³-hybridized carbons (Fsp3) is 0.250. The number of methoxy groups -OCH3 is 1. The number of carboxylic acids is 1. The van der Waals surface area contributed by atoms with Crippen molar-refractivity contribution in [1.82, 2.24) is 14.7 Å². The molecule has 100 valence electrons. The van der Waals surface area contributed by atoms with Crippen LogP contribution >= 0.6 is 0 Å². The maximum atomic E-state index is 12.0. The molecule has 0 aliphatic carbocycles. The Kier molecular flexibility index (Phi) is 3.37. The summed E-state index contributed by atoms with van der Waals surface area (Å²) < 4.78 is 6.74. The highest BCUT2D eigenvalue weighted by molar-refractivity contribution is 5.96. The quantitative estimate of drug-likeness (QED) is 0.836. The molecule has 7 heteroatoms. The smallest absolute Gasteiger partial charge is 0.322 e. The lowest BCUT2D eigenvalue weighted by Gasteiger charge is -2.05. The highest BCUT2D eigenvalue weighted by atomic mass is 16.5. The second-order valence-corrected chi connectivity index (χ2v) is 3.89. The van der Waals surface area contributed by atoms with Gasteiger partial charge in [-0.1, -0.05) is 0 Å². The maximum absolute atomic E-state index is 12.0. The van der Waals surface area contributed by atoms with Crippen LogP contribution in [0.2, 0.25) is 0 Å². The van der Waals surface area contributed by atoms with E-state index in [-0.39, 0.29) is 0 Å². The number of carboxylic acid groups (broad SMARTS) is 1. The Hall–Kier alpha value is -2.57. The lowest BCUT2D eigenvalue weighted by molar-refractivity contribution is -0.135. The van der Waals surface area contributed by atoms with E-state index in [4.69, 9.17) is 9.84 Å². The van der Waals surface area contributed by atoms with Gasteiger partial charge in [-0.15, -0.1) is 0 Å². The molecule has 0 radical (unpaired) electrons. The third-order valence-electron chi connectivity index (χ3n) is 2.62. The van der Waals surface area contributed by atoms with Crippen LogP contribution in [0.3, 0.4) is 0 Å². The van der Waals surface area contributed by atoms with Crippen molar-refractivity contribution in [3.63, 3.8) is 0 Å². The molecule has 2 N–H and O–H groups in total. The zero-order valence-electron chi connectivity index (χ0n) is 10.5. The van der Waals surface area contributed by atoms with Crippen LogP contribution in [0.25, 0.3) is 5.65 Å². The lowest BCUT2D eigenvalue weighted by Crippen LogP contribution is -2.30. The highest BCUT2D eigenvalue weighted by Crippen LogP contribution is 2.21. The number of rotatable bonds is 4. The van der Waals surface area contributed by atoms with Crippen molar-refractivity contribution in [3.8, 4) is 5.75 Å². The first-order valence-corrected chi connectivity index (χ1v) is 5.56. The van der Waals surface area contributed by atoms with Gasteiger partial charge in [0.05, 0.1) is 12.8 Å². The second-order valence-electron chi connectivity index (χ2n) is 3.89. The van der Waals surface area contributed by atoms with E-state index < -0.39 is 18.4 Å². The van der Waals surface area contributed by atoms with Crippen molar-refractivity contribution in [2.45, 2.75) is 6.92 Å². The summed E-state index contributed by atoms with van der Waals surface area (Å²) in [7, 11) is 1.52. The molecule has 2 heterocycles. The second kappa shape index (κ2) is 4.97. The molecule has 0 fully saturated rings. The zero-order chi connectivity index (χ0) is 14.0. The van der Waals surface area contributed by atoms with Gasteiger partial charge in [-0.3, -0.25) is 14.0 Å². The summed E-state index contributed by atoms with van der Waals surface area (Å²) in [5, 5.41) is 10.9. The minimum absolute atomic E-state index is 0.301. The SMILES string of the molecule is COc1cccn2c(C(=O)NCC(=O)O)c(C)nc12. The van der Waals surface area contributed by atoms with Gasteiger partial charge in [0, 0.05) is 6.20 Å². The van der Waals surface area contributed by atoms with Crippen LogP contribution in [-0.4, -0.2) is 40.0 Å². The summed E-state index contributed by atoms with van der Waals surface area (Å²) in [4.78, 5) is 26.7. The van der Waals surface area contributed by atoms with Gasteiger partial charge in [-0.05, 0) is 19.1 Å². The molecule has 0 saturated heterocycles. The van der Waals surface area contributed by atoms with Crippen LogP contribution in [-0.2, 0) is 4.79 Å². The van der Waals surface area contributed by atoms with Gasteiger partial charge in [-0.25, -0.2) is 4.98 Å². The standard InChI is InChI=1S/C12H13N3O4/c1-7-10(12(18)13-6-9(16)17)15-5-3-4-8(19-2)11(15)14-7/h3-5H,6H2,1-2H3,(H,13,18)(H,16,17). The number of fused-ring (bicyclic) bond motifs is 1. The van der Waals surface area contributed by atoms with E-state index in [2.05, 4.69) is 10.3 Å².